The zero-order valence-corrected chi connectivity index (χ0v) is 13.1. The Kier molecular flexibility index (Phi) is 3.91. The van der Waals surface area contributed by atoms with Crippen LogP contribution in [0, 0.1) is 17.0 Å². The second kappa shape index (κ2) is 5.88. The lowest BCUT2D eigenvalue weighted by Crippen LogP contribution is -2.12. The minimum absolute atomic E-state index is 0.0511. The molecule has 1 aromatic carbocycles. The number of hydrogen-bond donors (Lipinski definition) is 1. The molecule has 1 amide bonds. The van der Waals surface area contributed by atoms with Crippen LogP contribution in [-0.4, -0.2) is 21.6 Å². The summed E-state index contributed by atoms with van der Waals surface area (Å²) in [5.41, 5.74) is 1.28. The summed E-state index contributed by atoms with van der Waals surface area (Å²) in [6.07, 6.45) is 2.00. The predicted octanol–water partition coefficient (Wildman–Crippen LogP) is 3.13. The highest BCUT2D eigenvalue weighted by molar-refractivity contribution is 7.17. The Morgan fingerprint density at radius 1 is 1.39 bits per heavy atom. The molecule has 23 heavy (non-hydrogen) atoms. The quantitative estimate of drug-likeness (QED) is 0.687. The molecular weight excluding hydrogens is 318 g/mol. The Morgan fingerprint density at radius 3 is 2.87 bits per heavy atom. The topological polar surface area (TPSA) is 102 Å². The first-order chi connectivity index (χ1) is 11.0. The van der Waals surface area contributed by atoms with E-state index in [-0.39, 0.29) is 17.0 Å². The highest BCUT2D eigenvalue weighted by Crippen LogP contribution is 2.30. The maximum atomic E-state index is 12.2. The van der Waals surface area contributed by atoms with Gasteiger partial charge < -0.3 is 0 Å². The van der Waals surface area contributed by atoms with Crippen molar-refractivity contribution in [2.24, 2.45) is 0 Å². The number of fused-ring (bicyclic) bond motifs is 1. The number of rotatable bonds is 3. The summed E-state index contributed by atoms with van der Waals surface area (Å²) in [5, 5.41) is 13.9. The molecule has 0 bridgehead atoms. The highest BCUT2D eigenvalue weighted by atomic mass is 32.1. The SMILES string of the molecule is Cc1ccc(C(=O)Nc2nc3c(s2)C(=O)CCC3)cc1[N+](=O)[O-]. The number of nitrogens with one attached hydrogen (secondary N) is 1. The van der Waals surface area contributed by atoms with Gasteiger partial charge in [0.25, 0.3) is 11.6 Å². The number of nitro groups is 1. The molecule has 0 atom stereocenters. The molecule has 1 aliphatic rings. The van der Waals surface area contributed by atoms with E-state index in [0.29, 0.717) is 22.0 Å². The molecule has 7 nitrogen and oxygen atoms in total. The first kappa shape index (κ1) is 15.3. The fourth-order valence-corrected chi connectivity index (χ4v) is 3.41. The van der Waals surface area contributed by atoms with Crippen LogP contribution in [0.25, 0.3) is 0 Å². The van der Waals surface area contributed by atoms with E-state index in [1.807, 2.05) is 0 Å². The Hall–Kier alpha value is -2.61. The van der Waals surface area contributed by atoms with Crippen molar-refractivity contribution in [3.8, 4) is 0 Å². The van der Waals surface area contributed by atoms with Gasteiger partial charge in [0, 0.05) is 23.6 Å². The van der Waals surface area contributed by atoms with Gasteiger partial charge in [0.05, 0.1) is 15.5 Å². The van der Waals surface area contributed by atoms with Gasteiger partial charge in [0.2, 0.25) is 0 Å². The second-order valence-electron chi connectivity index (χ2n) is 5.28. The van der Waals surface area contributed by atoms with Gasteiger partial charge in [0.1, 0.15) is 0 Å². The Morgan fingerprint density at radius 2 is 2.17 bits per heavy atom. The maximum absolute atomic E-state index is 12.2. The number of Topliss-reactive ketones (excluding diaryl/α,β-unsaturated/α-hetero) is 1. The van der Waals surface area contributed by atoms with Crippen LogP contribution in [0.4, 0.5) is 10.8 Å². The molecule has 0 radical (unpaired) electrons. The standard InChI is InChI=1S/C15H13N3O4S/c1-8-5-6-9(7-11(8)18(21)22)14(20)17-15-16-10-3-2-4-12(19)13(10)23-15/h5-7H,2-4H2,1H3,(H,16,17,20). The fourth-order valence-electron chi connectivity index (χ4n) is 2.44. The summed E-state index contributed by atoms with van der Waals surface area (Å²) < 4.78 is 0. The summed E-state index contributed by atoms with van der Waals surface area (Å²) in [5.74, 6) is -0.429. The van der Waals surface area contributed by atoms with Crippen LogP contribution in [0.5, 0.6) is 0 Å². The van der Waals surface area contributed by atoms with E-state index in [4.69, 9.17) is 0 Å². The Bertz CT molecular complexity index is 828. The number of anilines is 1. The average Bonchev–Trinajstić information content (AvgIpc) is 2.91. The summed E-state index contributed by atoms with van der Waals surface area (Å²) in [7, 11) is 0. The van der Waals surface area contributed by atoms with E-state index in [2.05, 4.69) is 10.3 Å². The van der Waals surface area contributed by atoms with E-state index in [0.717, 1.165) is 29.9 Å². The Balaban J connectivity index is 1.84. The van der Waals surface area contributed by atoms with Crippen molar-refractivity contribution in [1.29, 1.82) is 0 Å². The highest BCUT2D eigenvalue weighted by Gasteiger charge is 2.23. The van der Waals surface area contributed by atoms with Crippen molar-refractivity contribution in [3.05, 3.63) is 50.0 Å². The number of amides is 1. The number of hydrogen-bond acceptors (Lipinski definition) is 6. The van der Waals surface area contributed by atoms with E-state index in [9.17, 15) is 19.7 Å². The minimum Gasteiger partial charge on any atom is -0.298 e. The molecule has 0 saturated heterocycles. The largest absolute Gasteiger partial charge is 0.298 e. The van der Waals surface area contributed by atoms with Crippen molar-refractivity contribution in [2.75, 3.05) is 5.32 Å². The van der Waals surface area contributed by atoms with Gasteiger partial charge in [-0.25, -0.2) is 4.98 Å². The molecule has 0 spiro atoms. The summed E-state index contributed by atoms with van der Waals surface area (Å²) in [6.45, 7) is 1.61. The predicted molar refractivity (Wildman–Crippen MR) is 85.2 cm³/mol. The number of benzene rings is 1. The lowest BCUT2D eigenvalue weighted by molar-refractivity contribution is -0.385. The zero-order valence-electron chi connectivity index (χ0n) is 12.3. The van der Waals surface area contributed by atoms with Crippen LogP contribution < -0.4 is 5.32 Å². The summed E-state index contributed by atoms with van der Waals surface area (Å²) >= 11 is 1.15. The summed E-state index contributed by atoms with van der Waals surface area (Å²) in [6, 6.07) is 4.29. The molecule has 1 N–H and O–H groups in total. The first-order valence-electron chi connectivity index (χ1n) is 7.05. The number of carbonyl (C=O) groups is 2. The van der Waals surface area contributed by atoms with Crippen LogP contribution >= 0.6 is 11.3 Å². The number of aromatic nitrogens is 1. The van der Waals surface area contributed by atoms with Crippen LogP contribution in [0.3, 0.4) is 0 Å². The molecule has 3 rings (SSSR count). The normalized spacial score (nSPS) is 13.5. The van der Waals surface area contributed by atoms with Gasteiger partial charge in [-0.1, -0.05) is 17.4 Å². The smallest absolute Gasteiger partial charge is 0.273 e. The molecule has 0 aliphatic heterocycles. The van der Waals surface area contributed by atoms with Gasteiger partial charge in [-0.15, -0.1) is 0 Å². The van der Waals surface area contributed by atoms with Crippen molar-refractivity contribution < 1.29 is 14.5 Å². The van der Waals surface area contributed by atoms with E-state index >= 15 is 0 Å². The monoisotopic (exact) mass is 331 g/mol. The molecule has 1 aromatic heterocycles. The van der Waals surface area contributed by atoms with Crippen LogP contribution in [0.1, 0.15) is 44.1 Å². The fraction of sp³-hybridized carbons (Fsp3) is 0.267. The van der Waals surface area contributed by atoms with E-state index in [1.54, 1.807) is 6.92 Å². The van der Waals surface area contributed by atoms with Gasteiger partial charge >= 0.3 is 0 Å². The maximum Gasteiger partial charge on any atom is 0.273 e. The van der Waals surface area contributed by atoms with Crippen molar-refractivity contribution in [1.82, 2.24) is 4.98 Å². The lowest BCUT2D eigenvalue weighted by atomic mass is 10.0. The molecule has 8 heteroatoms. The minimum atomic E-state index is -0.521. The number of carbonyl (C=O) groups excluding carboxylic acids is 2. The molecule has 0 fully saturated rings. The van der Waals surface area contributed by atoms with Crippen molar-refractivity contribution in [2.45, 2.75) is 26.2 Å². The van der Waals surface area contributed by atoms with Crippen LogP contribution in [0.15, 0.2) is 18.2 Å². The molecule has 118 valence electrons. The van der Waals surface area contributed by atoms with Gasteiger partial charge in [-0.05, 0) is 25.8 Å². The van der Waals surface area contributed by atoms with Crippen molar-refractivity contribution in [3.63, 3.8) is 0 Å². The number of thiazole rings is 1. The van der Waals surface area contributed by atoms with E-state index < -0.39 is 10.8 Å². The van der Waals surface area contributed by atoms with Gasteiger partial charge in [-0.3, -0.25) is 25.0 Å². The molecule has 0 unspecified atom stereocenters. The van der Waals surface area contributed by atoms with Crippen LogP contribution in [0.2, 0.25) is 0 Å². The first-order valence-corrected chi connectivity index (χ1v) is 7.86. The van der Waals surface area contributed by atoms with Crippen LogP contribution in [-0.2, 0) is 6.42 Å². The lowest BCUT2D eigenvalue weighted by Gasteiger charge is -2.05. The van der Waals surface area contributed by atoms with Gasteiger partial charge in [0.15, 0.2) is 10.9 Å². The Labute approximate surface area is 135 Å². The molecule has 1 aliphatic carbocycles. The average molecular weight is 331 g/mol. The number of nitro benzene ring substituents is 1. The molecule has 2 aromatic rings. The zero-order chi connectivity index (χ0) is 16.6. The third-order valence-corrected chi connectivity index (χ3v) is 4.71. The molecule has 1 heterocycles. The number of nitrogens with zero attached hydrogens (tertiary/aromatic N) is 2. The summed E-state index contributed by atoms with van der Waals surface area (Å²) in [4.78, 5) is 39.3. The third kappa shape index (κ3) is 2.98. The number of aryl methyl sites for hydroxylation is 2. The molecule has 0 saturated carbocycles. The number of ketones is 1. The van der Waals surface area contributed by atoms with Gasteiger partial charge in [-0.2, -0.15) is 0 Å². The third-order valence-electron chi connectivity index (χ3n) is 3.66. The van der Waals surface area contributed by atoms with Crippen molar-refractivity contribution >= 4 is 33.8 Å². The molecular formula is C15H13N3O4S. The van der Waals surface area contributed by atoms with E-state index in [1.165, 1.54) is 18.2 Å². The second-order valence-corrected chi connectivity index (χ2v) is 6.28.